The summed E-state index contributed by atoms with van der Waals surface area (Å²) in [5.41, 5.74) is 0.318. The van der Waals surface area contributed by atoms with E-state index in [1.165, 1.54) is 4.68 Å². The first kappa shape index (κ1) is 17.2. The Balaban J connectivity index is 2.78. The largest absolute Gasteiger partial charge is 0.380 e. The number of rotatable bonds is 8. The van der Waals surface area contributed by atoms with Crippen molar-refractivity contribution in [3.05, 3.63) is 21.0 Å². The van der Waals surface area contributed by atoms with E-state index in [-0.39, 0.29) is 11.2 Å². The van der Waals surface area contributed by atoms with Gasteiger partial charge in [0.25, 0.3) is 5.56 Å². The fraction of sp³-hybridized carbons (Fsp3) is 0.714. The number of hydrogen-bond donors (Lipinski definition) is 1. The lowest BCUT2D eigenvalue weighted by molar-refractivity contribution is 0.000680. The van der Waals surface area contributed by atoms with E-state index in [0.29, 0.717) is 29.9 Å². The fourth-order valence-corrected chi connectivity index (χ4v) is 2.25. The molecule has 20 heavy (non-hydrogen) atoms. The van der Waals surface area contributed by atoms with Gasteiger partial charge in [0, 0.05) is 19.7 Å². The van der Waals surface area contributed by atoms with E-state index in [4.69, 9.17) is 4.74 Å². The quantitative estimate of drug-likeness (QED) is 0.786. The molecule has 0 aromatic carbocycles. The lowest BCUT2D eigenvalue weighted by Crippen LogP contribution is -2.34. The van der Waals surface area contributed by atoms with Gasteiger partial charge in [0.2, 0.25) is 0 Å². The van der Waals surface area contributed by atoms with E-state index in [1.807, 2.05) is 20.8 Å². The molecule has 114 valence electrons. The number of unbranched alkanes of at least 4 members (excludes halogenated alkanes) is 1. The summed E-state index contributed by atoms with van der Waals surface area (Å²) in [4.78, 5) is 12.1. The highest BCUT2D eigenvalue weighted by molar-refractivity contribution is 9.10. The van der Waals surface area contributed by atoms with Gasteiger partial charge in [0.15, 0.2) is 0 Å². The Morgan fingerprint density at radius 3 is 2.75 bits per heavy atom. The Hall–Kier alpha value is -0.880. The van der Waals surface area contributed by atoms with Crippen molar-refractivity contribution in [2.45, 2.75) is 52.7 Å². The van der Waals surface area contributed by atoms with E-state index in [9.17, 15) is 4.79 Å². The molecule has 1 aromatic rings. The maximum absolute atomic E-state index is 12.1. The van der Waals surface area contributed by atoms with E-state index in [0.717, 1.165) is 12.8 Å². The van der Waals surface area contributed by atoms with E-state index >= 15 is 0 Å². The molecule has 0 aliphatic heterocycles. The molecule has 0 saturated carbocycles. The molecule has 0 atom stereocenters. The predicted octanol–water partition coefficient (Wildman–Crippen LogP) is 3.03. The van der Waals surface area contributed by atoms with Crippen molar-refractivity contribution in [3.63, 3.8) is 0 Å². The van der Waals surface area contributed by atoms with Crippen LogP contribution in [0.5, 0.6) is 0 Å². The van der Waals surface area contributed by atoms with Crippen LogP contribution in [0.15, 0.2) is 15.5 Å². The van der Waals surface area contributed by atoms with Gasteiger partial charge in [-0.25, -0.2) is 4.68 Å². The third kappa shape index (κ3) is 4.90. The van der Waals surface area contributed by atoms with Crippen molar-refractivity contribution in [2.24, 2.45) is 0 Å². The van der Waals surface area contributed by atoms with Crippen LogP contribution in [-0.4, -0.2) is 28.5 Å². The van der Waals surface area contributed by atoms with Crippen LogP contribution in [0.3, 0.4) is 0 Å². The summed E-state index contributed by atoms with van der Waals surface area (Å²) in [5.74, 6) is 0. The van der Waals surface area contributed by atoms with Gasteiger partial charge in [-0.1, -0.05) is 13.3 Å². The monoisotopic (exact) mass is 345 g/mol. The number of nitrogens with zero attached hydrogens (tertiary/aromatic N) is 2. The second-order valence-corrected chi connectivity index (χ2v) is 6.09. The van der Waals surface area contributed by atoms with Crippen LogP contribution in [0.25, 0.3) is 0 Å². The summed E-state index contributed by atoms with van der Waals surface area (Å²) in [5, 5.41) is 7.41. The number of nitrogens with one attached hydrogen (secondary N) is 1. The molecule has 0 spiro atoms. The molecule has 1 rings (SSSR count). The summed E-state index contributed by atoms with van der Waals surface area (Å²) in [6.07, 6.45) is 3.67. The minimum Gasteiger partial charge on any atom is -0.380 e. The van der Waals surface area contributed by atoms with E-state index in [1.54, 1.807) is 6.20 Å². The molecule has 0 aliphatic rings. The molecule has 1 aromatic heterocycles. The molecular formula is C14H24BrN3O2. The number of ether oxygens (including phenoxy) is 1. The molecule has 0 aliphatic carbocycles. The number of hydrogen-bond acceptors (Lipinski definition) is 4. The molecule has 0 bridgehead atoms. The zero-order valence-electron chi connectivity index (χ0n) is 12.7. The highest BCUT2D eigenvalue weighted by Crippen LogP contribution is 2.18. The summed E-state index contributed by atoms with van der Waals surface area (Å²) in [7, 11) is 0. The summed E-state index contributed by atoms with van der Waals surface area (Å²) < 4.78 is 7.63. The van der Waals surface area contributed by atoms with Gasteiger partial charge in [-0.15, -0.1) is 0 Å². The smallest absolute Gasteiger partial charge is 0.283 e. The lowest BCUT2D eigenvalue weighted by Gasteiger charge is -2.25. The third-order valence-corrected chi connectivity index (χ3v) is 3.71. The van der Waals surface area contributed by atoms with Crippen LogP contribution in [-0.2, 0) is 11.3 Å². The third-order valence-electron chi connectivity index (χ3n) is 2.95. The Labute approximate surface area is 128 Å². The van der Waals surface area contributed by atoms with Crippen molar-refractivity contribution < 1.29 is 4.74 Å². The molecule has 5 nitrogen and oxygen atoms in total. The van der Waals surface area contributed by atoms with Gasteiger partial charge >= 0.3 is 0 Å². The second kappa shape index (κ2) is 7.78. The van der Waals surface area contributed by atoms with Crippen LogP contribution >= 0.6 is 15.9 Å². The number of aromatic nitrogens is 2. The zero-order chi connectivity index (χ0) is 15.2. The zero-order valence-corrected chi connectivity index (χ0v) is 14.3. The molecule has 0 unspecified atom stereocenters. The number of anilines is 1. The number of halogens is 1. The van der Waals surface area contributed by atoms with Crippen molar-refractivity contribution in [1.82, 2.24) is 9.78 Å². The van der Waals surface area contributed by atoms with Gasteiger partial charge in [0.1, 0.15) is 4.47 Å². The molecule has 0 amide bonds. The van der Waals surface area contributed by atoms with Crippen molar-refractivity contribution >= 4 is 21.6 Å². The standard InChI is InChI=1S/C14H24BrN3O2/c1-5-7-8-18-13(19)12(15)11(9-17-18)16-10-14(3,4)20-6-2/h9,16H,5-8,10H2,1-4H3. The number of aryl methyl sites for hydroxylation is 1. The van der Waals surface area contributed by atoms with E-state index in [2.05, 4.69) is 33.3 Å². The average Bonchev–Trinajstić information content (AvgIpc) is 2.39. The molecule has 0 saturated heterocycles. The first-order chi connectivity index (χ1) is 9.41. The van der Waals surface area contributed by atoms with Crippen molar-refractivity contribution in [1.29, 1.82) is 0 Å². The summed E-state index contributed by atoms with van der Waals surface area (Å²) >= 11 is 3.35. The predicted molar refractivity (Wildman–Crippen MR) is 85.3 cm³/mol. The van der Waals surface area contributed by atoms with Gasteiger partial charge < -0.3 is 10.1 Å². The first-order valence-corrected chi connectivity index (χ1v) is 7.84. The lowest BCUT2D eigenvalue weighted by atomic mass is 10.1. The van der Waals surface area contributed by atoms with Crippen molar-refractivity contribution in [2.75, 3.05) is 18.5 Å². The maximum Gasteiger partial charge on any atom is 0.283 e. The minimum absolute atomic E-state index is 0.0994. The maximum atomic E-state index is 12.1. The Bertz CT molecular complexity index is 486. The highest BCUT2D eigenvalue weighted by Gasteiger charge is 2.18. The molecule has 6 heteroatoms. The highest BCUT2D eigenvalue weighted by atomic mass is 79.9. The SMILES string of the molecule is CCCCn1ncc(NCC(C)(C)OCC)c(Br)c1=O. The Kier molecular flexibility index (Phi) is 6.68. The summed E-state index contributed by atoms with van der Waals surface area (Å²) in [6, 6.07) is 0. The summed E-state index contributed by atoms with van der Waals surface area (Å²) in [6.45, 7) is 9.99. The van der Waals surface area contributed by atoms with Gasteiger partial charge in [-0.3, -0.25) is 4.79 Å². The fourth-order valence-electron chi connectivity index (χ4n) is 1.81. The van der Waals surface area contributed by atoms with Gasteiger partial charge in [-0.05, 0) is 43.1 Å². The topological polar surface area (TPSA) is 56.1 Å². The second-order valence-electron chi connectivity index (χ2n) is 5.30. The normalized spacial score (nSPS) is 11.7. The molecule has 0 fully saturated rings. The van der Waals surface area contributed by atoms with Gasteiger partial charge in [0.05, 0.1) is 17.5 Å². The molecule has 1 heterocycles. The van der Waals surface area contributed by atoms with Crippen LogP contribution in [0.1, 0.15) is 40.5 Å². The van der Waals surface area contributed by atoms with Crippen LogP contribution < -0.4 is 10.9 Å². The van der Waals surface area contributed by atoms with E-state index < -0.39 is 0 Å². The van der Waals surface area contributed by atoms with Crippen molar-refractivity contribution in [3.8, 4) is 0 Å². The van der Waals surface area contributed by atoms with Crippen LogP contribution in [0, 0.1) is 0 Å². The van der Waals surface area contributed by atoms with Crippen LogP contribution in [0.2, 0.25) is 0 Å². The average molecular weight is 346 g/mol. The molecule has 1 N–H and O–H groups in total. The molecular weight excluding hydrogens is 322 g/mol. The first-order valence-electron chi connectivity index (χ1n) is 7.04. The van der Waals surface area contributed by atoms with Gasteiger partial charge in [-0.2, -0.15) is 5.10 Å². The van der Waals surface area contributed by atoms with Crippen LogP contribution in [0.4, 0.5) is 5.69 Å². The minimum atomic E-state index is -0.286. The Morgan fingerprint density at radius 1 is 1.45 bits per heavy atom. The molecule has 0 radical (unpaired) electrons. The Morgan fingerprint density at radius 2 is 2.15 bits per heavy atom.